The van der Waals surface area contributed by atoms with E-state index in [1.165, 1.54) is 5.56 Å². The van der Waals surface area contributed by atoms with Gasteiger partial charge in [0.2, 0.25) is 5.95 Å². The van der Waals surface area contributed by atoms with E-state index in [0.717, 1.165) is 62.4 Å². The number of piperazine rings is 2. The lowest BCUT2D eigenvalue weighted by molar-refractivity contribution is 0.208. The lowest BCUT2D eigenvalue weighted by Gasteiger charge is -2.36. The highest BCUT2D eigenvalue weighted by Crippen LogP contribution is 2.20. The summed E-state index contributed by atoms with van der Waals surface area (Å²) in [6, 6.07) is 9.89. The van der Waals surface area contributed by atoms with E-state index in [4.69, 9.17) is 4.98 Å². The molecule has 0 spiro atoms. The van der Waals surface area contributed by atoms with Crippen molar-refractivity contribution in [3.8, 4) is 0 Å². The van der Waals surface area contributed by atoms with E-state index in [1.54, 1.807) is 0 Å². The number of amides is 2. The second kappa shape index (κ2) is 8.87. The van der Waals surface area contributed by atoms with Gasteiger partial charge in [-0.2, -0.15) is 4.98 Å². The minimum Gasteiger partial charge on any atom is -0.354 e. The van der Waals surface area contributed by atoms with Gasteiger partial charge in [0.05, 0.1) is 0 Å². The van der Waals surface area contributed by atoms with Crippen LogP contribution in [-0.2, 0) is 0 Å². The molecule has 0 bridgehead atoms. The minimum absolute atomic E-state index is 0.0539. The molecule has 30 heavy (non-hydrogen) atoms. The molecule has 0 saturated carbocycles. The number of nitrogens with one attached hydrogen (secondary N) is 1. The Balaban J connectivity index is 1.36. The molecule has 0 radical (unpaired) electrons. The van der Waals surface area contributed by atoms with Crippen molar-refractivity contribution in [1.29, 1.82) is 0 Å². The Morgan fingerprint density at radius 3 is 2.17 bits per heavy atom. The largest absolute Gasteiger partial charge is 0.354 e. The SMILES string of the molecule is Cc1ccc(NC(=O)N2CCN(c3nc(C)cc(N4CCN(C)CC4)n3)CC2)cc1. The summed E-state index contributed by atoms with van der Waals surface area (Å²) >= 11 is 0. The van der Waals surface area contributed by atoms with Gasteiger partial charge in [0.1, 0.15) is 5.82 Å². The number of hydrogen-bond donors (Lipinski definition) is 1. The molecule has 3 heterocycles. The van der Waals surface area contributed by atoms with E-state index < -0.39 is 0 Å². The van der Waals surface area contributed by atoms with Gasteiger partial charge >= 0.3 is 6.03 Å². The van der Waals surface area contributed by atoms with Crippen LogP contribution in [0.25, 0.3) is 0 Å². The molecule has 0 atom stereocenters. The average molecular weight is 410 g/mol. The summed E-state index contributed by atoms with van der Waals surface area (Å²) in [7, 11) is 2.16. The van der Waals surface area contributed by atoms with Crippen LogP contribution in [0.1, 0.15) is 11.3 Å². The Morgan fingerprint density at radius 2 is 1.50 bits per heavy atom. The fraction of sp³-hybridized carbons (Fsp3) is 0.500. The second-order valence-corrected chi connectivity index (χ2v) is 8.23. The number of carbonyl (C=O) groups excluding carboxylic acids is 1. The first-order valence-corrected chi connectivity index (χ1v) is 10.6. The number of hydrogen-bond acceptors (Lipinski definition) is 6. The molecule has 8 heteroatoms. The summed E-state index contributed by atoms with van der Waals surface area (Å²) in [6.45, 7) is 10.9. The van der Waals surface area contributed by atoms with Crippen LogP contribution in [0, 0.1) is 13.8 Å². The van der Waals surface area contributed by atoms with Gasteiger partial charge in [-0.25, -0.2) is 9.78 Å². The van der Waals surface area contributed by atoms with Gasteiger partial charge in [0, 0.05) is 69.8 Å². The molecule has 2 saturated heterocycles. The zero-order valence-corrected chi connectivity index (χ0v) is 18.1. The number of aryl methyl sites for hydroxylation is 2. The molecule has 8 nitrogen and oxygen atoms in total. The van der Waals surface area contributed by atoms with Gasteiger partial charge in [0.15, 0.2) is 0 Å². The Hall–Kier alpha value is -2.87. The Bertz CT molecular complexity index is 870. The molecule has 0 unspecified atom stereocenters. The third-order valence-electron chi connectivity index (χ3n) is 5.81. The lowest BCUT2D eigenvalue weighted by Crippen LogP contribution is -2.50. The van der Waals surface area contributed by atoms with E-state index in [2.05, 4.69) is 38.1 Å². The van der Waals surface area contributed by atoms with Crippen LogP contribution in [0.2, 0.25) is 0 Å². The molecule has 1 aromatic heterocycles. The second-order valence-electron chi connectivity index (χ2n) is 8.23. The van der Waals surface area contributed by atoms with Gasteiger partial charge in [0.25, 0.3) is 0 Å². The molecule has 1 N–H and O–H groups in total. The first-order valence-electron chi connectivity index (χ1n) is 10.6. The maximum absolute atomic E-state index is 12.6. The van der Waals surface area contributed by atoms with Crippen LogP contribution in [0.5, 0.6) is 0 Å². The van der Waals surface area contributed by atoms with Crippen LogP contribution in [0.15, 0.2) is 30.3 Å². The first-order chi connectivity index (χ1) is 14.5. The topological polar surface area (TPSA) is 67.8 Å². The standard InChI is InChI=1S/C22H31N7O/c1-17-4-6-19(7-5-17)24-22(30)29-14-12-28(13-15-29)21-23-18(2)16-20(25-21)27-10-8-26(3)9-11-27/h4-7,16H,8-15H2,1-3H3,(H,24,30). The summed E-state index contributed by atoms with van der Waals surface area (Å²) < 4.78 is 0. The van der Waals surface area contributed by atoms with E-state index >= 15 is 0 Å². The summed E-state index contributed by atoms with van der Waals surface area (Å²) in [4.78, 5) is 30.8. The normalized spacial score (nSPS) is 17.9. The van der Waals surface area contributed by atoms with Crippen LogP contribution < -0.4 is 15.1 Å². The van der Waals surface area contributed by atoms with Gasteiger partial charge in [-0.1, -0.05) is 17.7 Å². The molecular formula is C22H31N7O. The highest BCUT2D eigenvalue weighted by Gasteiger charge is 2.24. The van der Waals surface area contributed by atoms with E-state index in [0.29, 0.717) is 13.1 Å². The van der Waals surface area contributed by atoms with Crippen molar-refractivity contribution in [2.24, 2.45) is 0 Å². The van der Waals surface area contributed by atoms with Crippen LogP contribution >= 0.6 is 0 Å². The van der Waals surface area contributed by atoms with Crippen molar-refractivity contribution in [2.45, 2.75) is 13.8 Å². The van der Waals surface area contributed by atoms with Crippen molar-refractivity contribution in [3.05, 3.63) is 41.6 Å². The van der Waals surface area contributed by atoms with Crippen molar-refractivity contribution in [1.82, 2.24) is 19.8 Å². The molecule has 2 aliphatic heterocycles. The third-order valence-corrected chi connectivity index (χ3v) is 5.81. The Morgan fingerprint density at radius 1 is 0.867 bits per heavy atom. The van der Waals surface area contributed by atoms with Crippen molar-refractivity contribution >= 4 is 23.5 Å². The van der Waals surface area contributed by atoms with Gasteiger partial charge in [-0.15, -0.1) is 0 Å². The smallest absolute Gasteiger partial charge is 0.321 e. The predicted octanol–water partition coefficient (Wildman–Crippen LogP) is 2.20. The summed E-state index contributed by atoms with van der Waals surface area (Å²) in [5.41, 5.74) is 2.98. The van der Waals surface area contributed by atoms with Crippen LogP contribution in [0.4, 0.5) is 22.2 Å². The quantitative estimate of drug-likeness (QED) is 0.838. The third kappa shape index (κ3) is 4.81. The fourth-order valence-corrected chi connectivity index (χ4v) is 3.82. The van der Waals surface area contributed by atoms with Crippen LogP contribution in [-0.4, -0.2) is 85.2 Å². The van der Waals surface area contributed by atoms with E-state index in [9.17, 15) is 4.79 Å². The highest BCUT2D eigenvalue weighted by molar-refractivity contribution is 5.89. The molecule has 2 amide bonds. The van der Waals surface area contributed by atoms with Gasteiger partial charge in [-0.05, 0) is 33.0 Å². The zero-order chi connectivity index (χ0) is 21.1. The van der Waals surface area contributed by atoms with Gasteiger partial charge in [-0.3, -0.25) is 0 Å². The summed E-state index contributed by atoms with van der Waals surface area (Å²) in [5, 5.41) is 2.98. The number of urea groups is 1. The number of carbonyl (C=O) groups is 1. The number of anilines is 3. The molecule has 160 valence electrons. The number of likely N-dealkylation sites (N-methyl/N-ethyl adjacent to an activating group) is 1. The van der Waals surface area contributed by atoms with Gasteiger partial charge < -0.3 is 24.9 Å². The number of aromatic nitrogens is 2. The van der Waals surface area contributed by atoms with E-state index in [-0.39, 0.29) is 6.03 Å². The highest BCUT2D eigenvalue weighted by atomic mass is 16.2. The van der Waals surface area contributed by atoms with Crippen molar-refractivity contribution in [2.75, 3.05) is 74.5 Å². The van der Waals surface area contributed by atoms with E-state index in [1.807, 2.05) is 43.0 Å². The Kier molecular flexibility index (Phi) is 6.03. The molecule has 0 aliphatic carbocycles. The number of rotatable bonds is 3. The molecule has 1 aromatic carbocycles. The first kappa shape index (κ1) is 20.4. The predicted molar refractivity (Wildman–Crippen MR) is 120 cm³/mol. The molecule has 2 aliphatic rings. The lowest BCUT2D eigenvalue weighted by atomic mass is 10.2. The number of nitrogens with zero attached hydrogens (tertiary/aromatic N) is 6. The number of benzene rings is 1. The monoisotopic (exact) mass is 409 g/mol. The Labute approximate surface area is 178 Å². The van der Waals surface area contributed by atoms with Crippen molar-refractivity contribution in [3.63, 3.8) is 0 Å². The maximum Gasteiger partial charge on any atom is 0.321 e. The summed E-state index contributed by atoms with van der Waals surface area (Å²) in [5.74, 6) is 1.77. The maximum atomic E-state index is 12.6. The average Bonchev–Trinajstić information content (AvgIpc) is 2.75. The summed E-state index contributed by atoms with van der Waals surface area (Å²) in [6.07, 6.45) is 0. The molecule has 2 aromatic rings. The zero-order valence-electron chi connectivity index (χ0n) is 18.1. The molecule has 4 rings (SSSR count). The fourth-order valence-electron chi connectivity index (χ4n) is 3.82. The molecular weight excluding hydrogens is 378 g/mol. The minimum atomic E-state index is -0.0539. The molecule has 2 fully saturated rings. The van der Waals surface area contributed by atoms with Crippen LogP contribution in [0.3, 0.4) is 0 Å². The van der Waals surface area contributed by atoms with Crippen molar-refractivity contribution < 1.29 is 4.79 Å².